The lowest BCUT2D eigenvalue weighted by Crippen LogP contribution is -2.37. The number of para-hydroxylation sites is 2. The molecule has 8 heteroatoms. The van der Waals surface area contributed by atoms with Crippen LogP contribution in [0.15, 0.2) is 87.5 Å². The predicted molar refractivity (Wildman–Crippen MR) is 119 cm³/mol. The van der Waals surface area contributed by atoms with Gasteiger partial charge in [0.15, 0.2) is 5.78 Å². The molecule has 1 aliphatic carbocycles. The molecule has 0 saturated heterocycles. The van der Waals surface area contributed by atoms with Crippen molar-refractivity contribution in [3.8, 4) is 0 Å². The number of nitrogens with zero attached hydrogens (tertiary/aromatic N) is 1. The van der Waals surface area contributed by atoms with Crippen molar-refractivity contribution >= 4 is 38.8 Å². The van der Waals surface area contributed by atoms with E-state index in [0.717, 1.165) is 5.70 Å². The number of furan rings is 1. The second-order valence-electron chi connectivity index (χ2n) is 7.48. The highest BCUT2D eigenvalue weighted by molar-refractivity contribution is 7.92. The lowest BCUT2D eigenvalue weighted by molar-refractivity contribution is -0.116. The van der Waals surface area contributed by atoms with Gasteiger partial charge in [-0.2, -0.15) is 0 Å². The third-order valence-corrected chi connectivity index (χ3v) is 7.62. The molecule has 0 saturated carbocycles. The molecular formula is C23H19ClN2O4S. The van der Waals surface area contributed by atoms with Crippen LogP contribution in [0.5, 0.6) is 0 Å². The van der Waals surface area contributed by atoms with E-state index in [0.29, 0.717) is 47.0 Å². The van der Waals surface area contributed by atoms with Gasteiger partial charge in [-0.3, -0.25) is 4.79 Å². The van der Waals surface area contributed by atoms with Crippen LogP contribution in [-0.4, -0.2) is 14.2 Å². The number of allylic oxidation sites excluding steroid dienone is 1. The lowest BCUT2D eigenvalue weighted by Gasteiger charge is -2.33. The number of carbonyl (C=O) groups is 1. The molecule has 0 fully saturated rings. The second kappa shape index (κ2) is 7.59. The van der Waals surface area contributed by atoms with Gasteiger partial charge in [0.05, 0.1) is 22.5 Å². The quantitative estimate of drug-likeness (QED) is 0.580. The van der Waals surface area contributed by atoms with Crippen LogP contribution in [0, 0.1) is 0 Å². The van der Waals surface area contributed by atoms with Crippen molar-refractivity contribution in [2.24, 2.45) is 0 Å². The van der Waals surface area contributed by atoms with Crippen molar-refractivity contribution in [1.29, 1.82) is 0 Å². The van der Waals surface area contributed by atoms with Crippen LogP contribution in [-0.2, 0) is 14.8 Å². The molecule has 0 bridgehead atoms. The fourth-order valence-corrected chi connectivity index (χ4v) is 5.93. The van der Waals surface area contributed by atoms with Gasteiger partial charge in [-0.05, 0) is 61.4 Å². The van der Waals surface area contributed by atoms with Gasteiger partial charge in [0.25, 0.3) is 10.0 Å². The van der Waals surface area contributed by atoms with Crippen LogP contribution in [0.25, 0.3) is 0 Å². The van der Waals surface area contributed by atoms with Crippen molar-refractivity contribution in [2.75, 3.05) is 9.62 Å². The minimum Gasteiger partial charge on any atom is -0.467 e. The Morgan fingerprint density at radius 2 is 1.77 bits per heavy atom. The van der Waals surface area contributed by atoms with Gasteiger partial charge in [-0.15, -0.1) is 0 Å². The number of rotatable bonds is 3. The number of nitrogens with one attached hydrogen (secondary N) is 1. The maximum atomic E-state index is 14.0. The van der Waals surface area contributed by atoms with E-state index in [2.05, 4.69) is 5.32 Å². The van der Waals surface area contributed by atoms with Crippen LogP contribution in [0.4, 0.5) is 11.4 Å². The average Bonchev–Trinajstić information content (AvgIpc) is 3.23. The van der Waals surface area contributed by atoms with Crippen LogP contribution < -0.4 is 9.62 Å². The molecule has 1 aromatic heterocycles. The molecule has 2 heterocycles. The van der Waals surface area contributed by atoms with Crippen molar-refractivity contribution in [3.05, 3.63) is 89.0 Å². The Morgan fingerprint density at radius 3 is 2.52 bits per heavy atom. The molecule has 1 N–H and O–H groups in total. The average molecular weight is 455 g/mol. The molecule has 0 amide bonds. The molecule has 3 aromatic rings. The monoisotopic (exact) mass is 454 g/mol. The SMILES string of the molecule is O=C1CCCC2=C1C(c1ccco1)N(S(=O)(=O)c1ccc(Cl)cc1)c1ccccc1N2. The first kappa shape index (κ1) is 19.9. The van der Waals surface area contributed by atoms with Gasteiger partial charge in [0, 0.05) is 22.7 Å². The van der Waals surface area contributed by atoms with Crippen molar-refractivity contribution in [3.63, 3.8) is 0 Å². The van der Waals surface area contributed by atoms with Gasteiger partial charge >= 0.3 is 0 Å². The smallest absolute Gasteiger partial charge is 0.265 e. The minimum atomic E-state index is -4.08. The van der Waals surface area contributed by atoms with E-state index in [9.17, 15) is 13.2 Å². The normalized spacial score (nSPS) is 18.8. The molecule has 1 aliphatic heterocycles. The molecule has 5 rings (SSSR count). The first-order valence-corrected chi connectivity index (χ1v) is 11.7. The zero-order valence-electron chi connectivity index (χ0n) is 16.4. The number of hydrogen-bond acceptors (Lipinski definition) is 5. The molecule has 6 nitrogen and oxygen atoms in total. The third kappa shape index (κ3) is 3.34. The van der Waals surface area contributed by atoms with E-state index in [1.165, 1.54) is 34.8 Å². The number of Topliss-reactive ketones (excluding diaryl/α,β-unsaturated/α-hetero) is 1. The third-order valence-electron chi connectivity index (χ3n) is 5.57. The fourth-order valence-electron chi connectivity index (χ4n) is 4.19. The Hall–Kier alpha value is -3.03. The first-order valence-electron chi connectivity index (χ1n) is 9.92. The first-order chi connectivity index (χ1) is 15.0. The van der Waals surface area contributed by atoms with Crippen molar-refractivity contribution in [1.82, 2.24) is 0 Å². The maximum absolute atomic E-state index is 14.0. The molecule has 1 atom stereocenters. The number of ketones is 1. The Bertz CT molecular complexity index is 1280. The van der Waals surface area contributed by atoms with Crippen LogP contribution in [0.1, 0.15) is 31.1 Å². The molecule has 1 unspecified atom stereocenters. The van der Waals surface area contributed by atoms with E-state index in [-0.39, 0.29) is 10.7 Å². The van der Waals surface area contributed by atoms with Gasteiger partial charge < -0.3 is 9.73 Å². The lowest BCUT2D eigenvalue weighted by atomic mass is 9.89. The summed E-state index contributed by atoms with van der Waals surface area (Å²) >= 11 is 5.99. The molecule has 31 heavy (non-hydrogen) atoms. The van der Waals surface area contributed by atoms with E-state index in [1.54, 1.807) is 24.3 Å². The summed E-state index contributed by atoms with van der Waals surface area (Å²) in [6.45, 7) is 0. The molecule has 2 aliphatic rings. The molecule has 158 valence electrons. The Balaban J connectivity index is 1.82. The maximum Gasteiger partial charge on any atom is 0.265 e. The number of halogens is 1. The molecule has 0 spiro atoms. The summed E-state index contributed by atoms with van der Waals surface area (Å²) in [6.07, 6.45) is 3.21. The van der Waals surface area contributed by atoms with Crippen LogP contribution in [0.2, 0.25) is 5.02 Å². The highest BCUT2D eigenvalue weighted by Gasteiger charge is 2.43. The Kier molecular flexibility index (Phi) is 4.87. The summed E-state index contributed by atoms with van der Waals surface area (Å²) in [5, 5.41) is 3.77. The van der Waals surface area contributed by atoms with Gasteiger partial charge in [-0.25, -0.2) is 12.7 Å². The van der Waals surface area contributed by atoms with E-state index < -0.39 is 16.1 Å². The van der Waals surface area contributed by atoms with Crippen molar-refractivity contribution in [2.45, 2.75) is 30.2 Å². The molecular weight excluding hydrogens is 436 g/mol. The number of sulfonamides is 1. The largest absolute Gasteiger partial charge is 0.467 e. The fraction of sp³-hybridized carbons (Fsp3) is 0.174. The Labute approximate surface area is 185 Å². The topological polar surface area (TPSA) is 79.6 Å². The number of hydrogen-bond donors (Lipinski definition) is 1. The predicted octanol–water partition coefficient (Wildman–Crippen LogP) is 5.30. The number of anilines is 2. The van der Waals surface area contributed by atoms with Gasteiger partial charge in [0.2, 0.25) is 0 Å². The Morgan fingerprint density at radius 1 is 1.00 bits per heavy atom. The van der Waals surface area contributed by atoms with Gasteiger partial charge in [-0.1, -0.05) is 23.7 Å². The molecule has 2 aromatic carbocycles. The van der Waals surface area contributed by atoms with Gasteiger partial charge in [0.1, 0.15) is 11.8 Å². The summed E-state index contributed by atoms with van der Waals surface area (Å²) in [4.78, 5) is 13.2. The van der Waals surface area contributed by atoms with Crippen molar-refractivity contribution < 1.29 is 17.6 Å². The zero-order chi connectivity index (χ0) is 21.6. The second-order valence-corrected chi connectivity index (χ2v) is 9.74. The summed E-state index contributed by atoms with van der Waals surface area (Å²) < 4.78 is 34.9. The minimum absolute atomic E-state index is 0.0792. The summed E-state index contributed by atoms with van der Waals surface area (Å²) in [5.41, 5.74) is 2.23. The number of carbonyl (C=O) groups excluding carboxylic acids is 1. The van der Waals surface area contributed by atoms with E-state index in [1.807, 2.05) is 12.1 Å². The summed E-state index contributed by atoms with van der Waals surface area (Å²) in [5.74, 6) is 0.304. The highest BCUT2D eigenvalue weighted by Crippen LogP contribution is 2.47. The van der Waals surface area contributed by atoms with Crippen LogP contribution in [0.3, 0.4) is 0 Å². The summed E-state index contributed by atoms with van der Waals surface area (Å²) in [6, 6.07) is 15.6. The van der Waals surface area contributed by atoms with E-state index >= 15 is 0 Å². The number of benzene rings is 2. The van der Waals surface area contributed by atoms with Crippen LogP contribution >= 0.6 is 11.6 Å². The summed E-state index contributed by atoms with van der Waals surface area (Å²) in [7, 11) is -4.08. The number of fused-ring (bicyclic) bond motifs is 1. The van der Waals surface area contributed by atoms with E-state index in [4.69, 9.17) is 16.0 Å². The molecule has 0 radical (unpaired) electrons. The highest BCUT2D eigenvalue weighted by atomic mass is 35.5. The zero-order valence-corrected chi connectivity index (χ0v) is 18.0. The standard InChI is InChI=1S/C23H19ClN2O4S/c24-15-10-12-16(13-11-15)31(28,29)26-19-7-2-1-5-17(19)25-18-6-3-8-20(27)22(18)23(26)21-9-4-14-30-21/h1-2,4-5,7,9-14,23,25H,3,6,8H2.